The van der Waals surface area contributed by atoms with Crippen LogP contribution in [0, 0.1) is 0 Å². The van der Waals surface area contributed by atoms with Crippen molar-refractivity contribution in [2.75, 3.05) is 37.4 Å². The first-order chi connectivity index (χ1) is 10.2. The Morgan fingerprint density at radius 1 is 1.19 bits per heavy atom. The van der Waals surface area contributed by atoms with Crippen molar-refractivity contribution in [3.05, 3.63) is 48.4 Å². The Labute approximate surface area is 124 Å². The third-order valence-corrected chi connectivity index (χ3v) is 2.87. The quantitative estimate of drug-likeness (QED) is 0.785. The minimum Gasteiger partial charge on any atom is -0.382 e. The van der Waals surface area contributed by atoms with Gasteiger partial charge >= 0.3 is 0 Å². The summed E-state index contributed by atoms with van der Waals surface area (Å²) < 4.78 is 0. The van der Waals surface area contributed by atoms with Gasteiger partial charge in [0.05, 0.1) is 11.3 Å². The Morgan fingerprint density at radius 2 is 2.05 bits per heavy atom. The summed E-state index contributed by atoms with van der Waals surface area (Å²) in [5.41, 5.74) is 1.49. The van der Waals surface area contributed by atoms with E-state index in [1.54, 1.807) is 24.7 Å². The summed E-state index contributed by atoms with van der Waals surface area (Å²) in [5.74, 6) is 0.700. The van der Waals surface area contributed by atoms with Crippen LogP contribution in [0.2, 0.25) is 0 Å². The second-order valence-corrected chi connectivity index (χ2v) is 4.72. The van der Waals surface area contributed by atoms with E-state index in [0.29, 0.717) is 18.7 Å². The van der Waals surface area contributed by atoms with E-state index in [1.165, 1.54) is 0 Å². The van der Waals surface area contributed by atoms with Gasteiger partial charge in [-0.05, 0) is 24.3 Å². The molecular formula is C15H19N5O. The van der Waals surface area contributed by atoms with Crippen molar-refractivity contribution in [3.63, 3.8) is 0 Å². The molecule has 0 spiro atoms. The summed E-state index contributed by atoms with van der Waals surface area (Å²) in [6, 6.07) is 7.38. The number of nitrogens with one attached hydrogen (secondary N) is 2. The first kappa shape index (κ1) is 14.8. The van der Waals surface area contributed by atoms with Gasteiger partial charge < -0.3 is 15.5 Å². The highest BCUT2D eigenvalue weighted by Crippen LogP contribution is 2.07. The third-order valence-electron chi connectivity index (χ3n) is 2.87. The van der Waals surface area contributed by atoms with Gasteiger partial charge in [0.25, 0.3) is 5.91 Å². The van der Waals surface area contributed by atoms with Crippen LogP contribution in [0.25, 0.3) is 0 Å². The highest BCUT2D eigenvalue weighted by atomic mass is 16.1. The number of amides is 1. The zero-order valence-electron chi connectivity index (χ0n) is 12.2. The van der Waals surface area contributed by atoms with Crippen LogP contribution in [0.4, 0.5) is 11.5 Å². The van der Waals surface area contributed by atoms with Crippen molar-refractivity contribution in [1.29, 1.82) is 0 Å². The number of carbonyl (C=O) groups excluding carboxylic acids is 1. The largest absolute Gasteiger partial charge is 0.382 e. The van der Waals surface area contributed by atoms with E-state index < -0.39 is 0 Å². The van der Waals surface area contributed by atoms with Crippen molar-refractivity contribution in [2.24, 2.45) is 0 Å². The minimum absolute atomic E-state index is 0.124. The van der Waals surface area contributed by atoms with Crippen molar-refractivity contribution >= 4 is 17.4 Å². The van der Waals surface area contributed by atoms with Gasteiger partial charge in [0.1, 0.15) is 5.82 Å². The highest BCUT2D eigenvalue weighted by Gasteiger charge is 2.05. The van der Waals surface area contributed by atoms with Gasteiger partial charge in [-0.1, -0.05) is 0 Å². The molecule has 0 bridgehead atoms. The molecule has 0 radical (unpaired) electrons. The first-order valence-electron chi connectivity index (χ1n) is 6.72. The Hall–Kier alpha value is -2.63. The number of pyridine rings is 2. The lowest BCUT2D eigenvalue weighted by Crippen LogP contribution is -2.28. The van der Waals surface area contributed by atoms with Crippen LogP contribution >= 0.6 is 0 Å². The van der Waals surface area contributed by atoms with E-state index in [-0.39, 0.29) is 5.91 Å². The van der Waals surface area contributed by atoms with Gasteiger partial charge in [-0.15, -0.1) is 0 Å². The molecule has 0 aliphatic rings. The molecule has 6 nitrogen and oxygen atoms in total. The van der Waals surface area contributed by atoms with Crippen LogP contribution in [0.1, 0.15) is 10.4 Å². The molecule has 2 aromatic rings. The average molecular weight is 285 g/mol. The first-order valence-corrected chi connectivity index (χ1v) is 6.72. The molecule has 0 saturated carbocycles. The molecule has 0 aliphatic heterocycles. The van der Waals surface area contributed by atoms with Crippen LogP contribution < -0.4 is 15.5 Å². The topological polar surface area (TPSA) is 70.2 Å². The van der Waals surface area contributed by atoms with Crippen LogP contribution in [0.15, 0.2) is 42.9 Å². The zero-order chi connectivity index (χ0) is 15.1. The lowest BCUT2D eigenvalue weighted by Gasteiger charge is -2.11. The zero-order valence-corrected chi connectivity index (χ0v) is 12.2. The van der Waals surface area contributed by atoms with Crippen LogP contribution in [-0.4, -0.2) is 43.1 Å². The Morgan fingerprint density at radius 3 is 2.67 bits per heavy atom. The normalized spacial score (nSPS) is 10.0. The molecule has 110 valence electrons. The lowest BCUT2D eigenvalue weighted by molar-refractivity contribution is 0.0955. The Kier molecular flexibility index (Phi) is 5.09. The number of carbonyl (C=O) groups is 1. The van der Waals surface area contributed by atoms with E-state index in [9.17, 15) is 4.79 Å². The molecule has 1 amide bonds. The van der Waals surface area contributed by atoms with Gasteiger partial charge in [-0.25, -0.2) is 4.98 Å². The fourth-order valence-electron chi connectivity index (χ4n) is 1.74. The molecule has 6 heteroatoms. The summed E-state index contributed by atoms with van der Waals surface area (Å²) in [5, 5.41) is 6.02. The molecule has 0 fully saturated rings. The number of aromatic nitrogens is 2. The smallest absolute Gasteiger partial charge is 0.252 e. The minimum atomic E-state index is -0.124. The number of hydrogen-bond acceptors (Lipinski definition) is 5. The molecule has 2 aromatic heterocycles. The van der Waals surface area contributed by atoms with Gasteiger partial charge in [0.2, 0.25) is 0 Å². The number of nitrogens with zero attached hydrogens (tertiary/aromatic N) is 3. The molecule has 2 heterocycles. The van der Waals surface area contributed by atoms with Gasteiger partial charge in [0, 0.05) is 45.8 Å². The Bertz CT molecular complexity index is 568. The van der Waals surface area contributed by atoms with E-state index in [1.807, 2.05) is 37.2 Å². The fraction of sp³-hybridized carbons (Fsp3) is 0.267. The SMILES string of the molecule is CN(C)c1ccc(C(=O)NCCNc2cccnc2)cn1. The molecule has 21 heavy (non-hydrogen) atoms. The standard InChI is InChI=1S/C15H19N5O/c1-20(2)14-6-5-12(10-19-14)15(21)18-9-8-17-13-4-3-7-16-11-13/h3-7,10-11,17H,8-9H2,1-2H3,(H,18,21). The molecule has 0 saturated heterocycles. The van der Waals surface area contributed by atoms with Gasteiger partial charge in [-0.3, -0.25) is 9.78 Å². The fourth-order valence-corrected chi connectivity index (χ4v) is 1.74. The van der Waals surface area contributed by atoms with E-state index in [2.05, 4.69) is 20.6 Å². The molecule has 2 rings (SSSR count). The maximum atomic E-state index is 11.9. The van der Waals surface area contributed by atoms with Gasteiger partial charge in [0.15, 0.2) is 0 Å². The molecule has 0 unspecified atom stereocenters. The maximum Gasteiger partial charge on any atom is 0.252 e. The van der Waals surface area contributed by atoms with Crippen molar-refractivity contribution in [3.8, 4) is 0 Å². The lowest BCUT2D eigenvalue weighted by atomic mass is 10.2. The van der Waals surface area contributed by atoms with Crippen molar-refractivity contribution < 1.29 is 4.79 Å². The summed E-state index contributed by atoms with van der Waals surface area (Å²) in [4.78, 5) is 22.0. The number of rotatable bonds is 6. The molecular weight excluding hydrogens is 266 g/mol. The maximum absolute atomic E-state index is 11.9. The summed E-state index contributed by atoms with van der Waals surface area (Å²) >= 11 is 0. The number of hydrogen-bond donors (Lipinski definition) is 2. The highest BCUT2D eigenvalue weighted by molar-refractivity contribution is 5.94. The van der Waals surface area contributed by atoms with E-state index in [4.69, 9.17) is 0 Å². The summed E-state index contributed by atoms with van der Waals surface area (Å²) in [7, 11) is 3.82. The molecule has 0 atom stereocenters. The van der Waals surface area contributed by atoms with Crippen LogP contribution in [0.3, 0.4) is 0 Å². The second-order valence-electron chi connectivity index (χ2n) is 4.72. The summed E-state index contributed by atoms with van der Waals surface area (Å²) in [6.07, 6.45) is 5.04. The van der Waals surface area contributed by atoms with Gasteiger partial charge in [-0.2, -0.15) is 0 Å². The van der Waals surface area contributed by atoms with E-state index >= 15 is 0 Å². The van der Waals surface area contributed by atoms with Crippen molar-refractivity contribution in [2.45, 2.75) is 0 Å². The van der Waals surface area contributed by atoms with Crippen LogP contribution in [-0.2, 0) is 0 Å². The molecule has 0 aromatic carbocycles. The average Bonchev–Trinajstić information content (AvgIpc) is 2.52. The monoisotopic (exact) mass is 285 g/mol. The van der Waals surface area contributed by atoms with Crippen LogP contribution in [0.5, 0.6) is 0 Å². The predicted molar refractivity (Wildman–Crippen MR) is 83.6 cm³/mol. The predicted octanol–water partition coefficient (Wildman–Crippen LogP) is 1.38. The Balaban J connectivity index is 1.76. The number of anilines is 2. The summed E-state index contributed by atoms with van der Waals surface area (Å²) in [6.45, 7) is 1.17. The third kappa shape index (κ3) is 4.45. The molecule has 0 aliphatic carbocycles. The van der Waals surface area contributed by atoms with Crippen molar-refractivity contribution in [1.82, 2.24) is 15.3 Å². The molecule has 2 N–H and O–H groups in total. The van der Waals surface area contributed by atoms with E-state index in [0.717, 1.165) is 11.5 Å². The second kappa shape index (κ2) is 7.23.